The third-order valence-corrected chi connectivity index (χ3v) is 3.66. The number of hydrogen-bond acceptors (Lipinski definition) is 5. The van der Waals surface area contributed by atoms with Gasteiger partial charge in [0.2, 0.25) is 0 Å². The zero-order chi connectivity index (χ0) is 18.9. The SMILES string of the molecule is CN(C)CCN(Cc1cccnc1)C(=O)c1cccc(OCC(N)=O)c1. The molecule has 1 aromatic carbocycles. The van der Waals surface area contributed by atoms with Crippen molar-refractivity contribution in [3.05, 3.63) is 59.9 Å². The molecule has 7 heteroatoms. The predicted molar refractivity (Wildman–Crippen MR) is 98.7 cm³/mol. The van der Waals surface area contributed by atoms with E-state index in [-0.39, 0.29) is 12.5 Å². The number of carbonyl (C=O) groups is 2. The number of rotatable bonds is 9. The van der Waals surface area contributed by atoms with Crippen LogP contribution in [0, 0.1) is 0 Å². The number of pyridine rings is 1. The third-order valence-electron chi connectivity index (χ3n) is 3.66. The Bertz CT molecular complexity index is 735. The van der Waals surface area contributed by atoms with E-state index in [1.54, 1.807) is 41.6 Å². The van der Waals surface area contributed by atoms with Crippen LogP contribution in [-0.2, 0) is 11.3 Å². The molecule has 0 saturated heterocycles. The number of amides is 2. The van der Waals surface area contributed by atoms with Crippen molar-refractivity contribution in [1.82, 2.24) is 14.8 Å². The topological polar surface area (TPSA) is 88.8 Å². The monoisotopic (exact) mass is 356 g/mol. The summed E-state index contributed by atoms with van der Waals surface area (Å²) >= 11 is 0. The summed E-state index contributed by atoms with van der Waals surface area (Å²) in [6, 6.07) is 10.5. The van der Waals surface area contributed by atoms with Crippen LogP contribution in [0.15, 0.2) is 48.8 Å². The van der Waals surface area contributed by atoms with Gasteiger partial charge in [-0.25, -0.2) is 0 Å². The molecule has 2 N–H and O–H groups in total. The number of aromatic nitrogens is 1. The average molecular weight is 356 g/mol. The summed E-state index contributed by atoms with van der Waals surface area (Å²) in [5, 5.41) is 0. The average Bonchev–Trinajstić information content (AvgIpc) is 2.64. The lowest BCUT2D eigenvalue weighted by molar-refractivity contribution is -0.119. The first-order valence-electron chi connectivity index (χ1n) is 8.30. The largest absolute Gasteiger partial charge is 0.484 e. The lowest BCUT2D eigenvalue weighted by atomic mass is 10.1. The number of likely N-dealkylation sites (N-methyl/N-ethyl adjacent to an activating group) is 1. The van der Waals surface area contributed by atoms with Crippen molar-refractivity contribution in [2.45, 2.75) is 6.54 Å². The lowest BCUT2D eigenvalue weighted by Crippen LogP contribution is -2.36. The smallest absolute Gasteiger partial charge is 0.255 e. The van der Waals surface area contributed by atoms with E-state index in [2.05, 4.69) is 4.98 Å². The highest BCUT2D eigenvalue weighted by Gasteiger charge is 2.17. The molecule has 26 heavy (non-hydrogen) atoms. The Balaban J connectivity index is 2.16. The molecule has 0 bridgehead atoms. The van der Waals surface area contributed by atoms with Crippen molar-refractivity contribution in [1.29, 1.82) is 0 Å². The number of nitrogens with zero attached hydrogens (tertiary/aromatic N) is 3. The van der Waals surface area contributed by atoms with Crippen LogP contribution in [0.25, 0.3) is 0 Å². The van der Waals surface area contributed by atoms with Gasteiger partial charge in [-0.2, -0.15) is 0 Å². The summed E-state index contributed by atoms with van der Waals surface area (Å²) < 4.78 is 5.29. The maximum absolute atomic E-state index is 13.0. The van der Waals surface area contributed by atoms with E-state index in [1.807, 2.05) is 31.1 Å². The minimum Gasteiger partial charge on any atom is -0.484 e. The van der Waals surface area contributed by atoms with E-state index >= 15 is 0 Å². The molecule has 2 rings (SSSR count). The van der Waals surface area contributed by atoms with Crippen LogP contribution in [0.5, 0.6) is 5.75 Å². The molecule has 0 fully saturated rings. The molecular weight excluding hydrogens is 332 g/mol. The molecule has 0 unspecified atom stereocenters. The van der Waals surface area contributed by atoms with Gasteiger partial charge in [-0.05, 0) is 43.9 Å². The van der Waals surface area contributed by atoms with Crippen LogP contribution in [0.2, 0.25) is 0 Å². The second kappa shape index (κ2) is 9.53. The Morgan fingerprint density at radius 3 is 2.62 bits per heavy atom. The zero-order valence-corrected chi connectivity index (χ0v) is 15.1. The normalized spacial score (nSPS) is 10.6. The predicted octanol–water partition coefficient (Wildman–Crippen LogP) is 1.15. The molecule has 0 saturated carbocycles. The highest BCUT2D eigenvalue weighted by atomic mass is 16.5. The maximum atomic E-state index is 13.0. The first-order chi connectivity index (χ1) is 12.5. The number of hydrogen-bond donors (Lipinski definition) is 1. The van der Waals surface area contributed by atoms with Gasteiger partial charge in [0.1, 0.15) is 5.75 Å². The highest BCUT2D eigenvalue weighted by Crippen LogP contribution is 2.16. The maximum Gasteiger partial charge on any atom is 0.255 e. The number of ether oxygens (including phenoxy) is 1. The van der Waals surface area contributed by atoms with E-state index < -0.39 is 5.91 Å². The zero-order valence-electron chi connectivity index (χ0n) is 15.1. The van der Waals surface area contributed by atoms with Crippen LogP contribution in [0.1, 0.15) is 15.9 Å². The van der Waals surface area contributed by atoms with Crippen molar-refractivity contribution >= 4 is 11.8 Å². The Labute approximate surface area is 153 Å². The summed E-state index contributed by atoms with van der Waals surface area (Å²) in [5.41, 5.74) is 6.54. The van der Waals surface area contributed by atoms with Gasteiger partial charge in [0.25, 0.3) is 11.8 Å². The van der Waals surface area contributed by atoms with Gasteiger partial charge in [-0.3, -0.25) is 14.6 Å². The van der Waals surface area contributed by atoms with Crippen molar-refractivity contribution in [2.24, 2.45) is 5.73 Å². The molecule has 2 aromatic rings. The van der Waals surface area contributed by atoms with Gasteiger partial charge in [0.05, 0.1) is 0 Å². The fourth-order valence-electron chi connectivity index (χ4n) is 2.34. The summed E-state index contributed by atoms with van der Waals surface area (Å²) in [5.74, 6) is -0.241. The first kappa shape index (κ1) is 19.4. The lowest BCUT2D eigenvalue weighted by Gasteiger charge is -2.24. The van der Waals surface area contributed by atoms with Gasteiger partial charge in [0, 0.05) is 37.6 Å². The van der Waals surface area contributed by atoms with E-state index in [0.717, 1.165) is 12.1 Å². The number of carbonyl (C=O) groups excluding carboxylic acids is 2. The van der Waals surface area contributed by atoms with Crippen molar-refractivity contribution in [2.75, 3.05) is 33.8 Å². The van der Waals surface area contributed by atoms with Crippen LogP contribution in [0.3, 0.4) is 0 Å². The minimum atomic E-state index is -0.564. The Morgan fingerprint density at radius 1 is 1.15 bits per heavy atom. The standard InChI is InChI=1S/C19H24N4O3/c1-22(2)9-10-23(13-15-5-4-8-21-12-15)19(25)16-6-3-7-17(11-16)26-14-18(20)24/h3-8,11-12H,9-10,13-14H2,1-2H3,(H2,20,24). The molecule has 0 aliphatic carbocycles. The molecule has 2 amide bonds. The van der Waals surface area contributed by atoms with E-state index in [4.69, 9.17) is 10.5 Å². The quantitative estimate of drug-likeness (QED) is 0.728. The molecule has 1 aromatic heterocycles. The summed E-state index contributed by atoms with van der Waals surface area (Å²) in [4.78, 5) is 31.8. The molecule has 0 aliphatic heterocycles. The molecule has 0 spiro atoms. The number of primary amides is 1. The molecule has 1 heterocycles. The van der Waals surface area contributed by atoms with Gasteiger partial charge in [-0.15, -0.1) is 0 Å². The second-order valence-electron chi connectivity index (χ2n) is 6.17. The molecule has 0 atom stereocenters. The molecular formula is C19H24N4O3. The Hall–Kier alpha value is -2.93. The van der Waals surface area contributed by atoms with Crippen LogP contribution >= 0.6 is 0 Å². The van der Waals surface area contributed by atoms with Crippen molar-refractivity contribution < 1.29 is 14.3 Å². The number of benzene rings is 1. The van der Waals surface area contributed by atoms with Gasteiger partial charge < -0.3 is 20.3 Å². The molecule has 138 valence electrons. The number of nitrogens with two attached hydrogens (primary N) is 1. The van der Waals surface area contributed by atoms with Crippen LogP contribution < -0.4 is 10.5 Å². The van der Waals surface area contributed by atoms with Gasteiger partial charge >= 0.3 is 0 Å². The third kappa shape index (κ3) is 6.18. The summed E-state index contributed by atoms with van der Waals surface area (Å²) in [6.45, 7) is 1.56. The van der Waals surface area contributed by atoms with E-state index in [9.17, 15) is 9.59 Å². The summed E-state index contributed by atoms with van der Waals surface area (Å²) in [7, 11) is 3.93. The van der Waals surface area contributed by atoms with Crippen molar-refractivity contribution in [3.63, 3.8) is 0 Å². The molecule has 0 radical (unpaired) electrons. The highest BCUT2D eigenvalue weighted by molar-refractivity contribution is 5.94. The van der Waals surface area contributed by atoms with E-state index in [1.165, 1.54) is 0 Å². The fraction of sp³-hybridized carbons (Fsp3) is 0.316. The molecule has 7 nitrogen and oxygen atoms in total. The first-order valence-corrected chi connectivity index (χ1v) is 8.30. The van der Waals surface area contributed by atoms with Crippen LogP contribution in [0.4, 0.5) is 0 Å². The van der Waals surface area contributed by atoms with E-state index in [0.29, 0.717) is 24.4 Å². The second-order valence-corrected chi connectivity index (χ2v) is 6.17. The summed E-state index contributed by atoms with van der Waals surface area (Å²) in [6.07, 6.45) is 3.46. The van der Waals surface area contributed by atoms with Gasteiger partial charge in [-0.1, -0.05) is 12.1 Å². The minimum absolute atomic E-state index is 0.111. The Kier molecular flexibility index (Phi) is 7.11. The molecule has 0 aliphatic rings. The van der Waals surface area contributed by atoms with Crippen LogP contribution in [-0.4, -0.2) is 60.4 Å². The fourth-order valence-corrected chi connectivity index (χ4v) is 2.34. The van der Waals surface area contributed by atoms with Crippen molar-refractivity contribution in [3.8, 4) is 5.75 Å². The van der Waals surface area contributed by atoms with Gasteiger partial charge in [0.15, 0.2) is 6.61 Å². The Morgan fingerprint density at radius 2 is 1.96 bits per heavy atom.